The lowest BCUT2D eigenvalue weighted by atomic mass is 9.76. The number of aliphatic hydroxyl groups excluding tert-OH is 1. The van der Waals surface area contributed by atoms with Gasteiger partial charge in [0.05, 0.1) is 6.10 Å². The monoisotopic (exact) mass is 127 g/mol. The average Bonchev–Trinajstić information content (AvgIpc) is 1.60. The Balaban J connectivity index is 2.41. The van der Waals surface area contributed by atoms with Gasteiger partial charge in [0.15, 0.2) is 0 Å². The van der Waals surface area contributed by atoms with Gasteiger partial charge in [-0.25, -0.2) is 0 Å². The van der Waals surface area contributed by atoms with E-state index in [2.05, 4.69) is 20.3 Å². The van der Waals surface area contributed by atoms with Crippen LogP contribution in [0.1, 0.15) is 33.1 Å². The van der Waals surface area contributed by atoms with Gasteiger partial charge >= 0.3 is 0 Å². The predicted molar refractivity (Wildman–Crippen MR) is 37.9 cm³/mol. The summed E-state index contributed by atoms with van der Waals surface area (Å²) < 4.78 is 0. The summed E-state index contributed by atoms with van der Waals surface area (Å²) in [5, 5.41) is 9.21. The van der Waals surface area contributed by atoms with Crippen LogP contribution in [0.4, 0.5) is 0 Å². The van der Waals surface area contributed by atoms with E-state index < -0.39 is 0 Å². The molecule has 0 bridgehead atoms. The van der Waals surface area contributed by atoms with Gasteiger partial charge in [0, 0.05) is 0 Å². The molecule has 1 N–H and O–H groups in total. The number of hydrogen-bond acceptors (Lipinski definition) is 1. The first-order valence-corrected chi connectivity index (χ1v) is 3.60. The Morgan fingerprint density at radius 3 is 2.56 bits per heavy atom. The third kappa shape index (κ3) is 1.98. The third-order valence-corrected chi connectivity index (χ3v) is 1.92. The first kappa shape index (κ1) is 7.07. The summed E-state index contributed by atoms with van der Waals surface area (Å²) >= 11 is 0. The molecule has 1 saturated carbocycles. The van der Waals surface area contributed by atoms with Crippen molar-refractivity contribution in [1.29, 1.82) is 0 Å². The Morgan fingerprint density at radius 1 is 1.56 bits per heavy atom. The van der Waals surface area contributed by atoms with Gasteiger partial charge in [-0.15, -0.1) is 0 Å². The largest absolute Gasteiger partial charge is 0.393 e. The summed E-state index contributed by atoms with van der Waals surface area (Å²) in [5.74, 6) is 0. The highest BCUT2D eigenvalue weighted by Crippen LogP contribution is 2.34. The fraction of sp³-hybridized carbons (Fsp3) is 0.875. The second-order valence-electron chi connectivity index (χ2n) is 3.75. The zero-order valence-corrected chi connectivity index (χ0v) is 6.22. The van der Waals surface area contributed by atoms with Crippen LogP contribution in [0.15, 0.2) is 0 Å². The van der Waals surface area contributed by atoms with Gasteiger partial charge in [-0.1, -0.05) is 13.8 Å². The fourth-order valence-corrected chi connectivity index (χ4v) is 1.47. The van der Waals surface area contributed by atoms with Crippen molar-refractivity contribution in [2.75, 3.05) is 0 Å². The summed E-state index contributed by atoms with van der Waals surface area (Å²) in [6.45, 7) is 4.40. The van der Waals surface area contributed by atoms with E-state index >= 15 is 0 Å². The molecule has 53 valence electrons. The standard InChI is InChI=1S/C8H15O/c1-8(2)5-3-4-7(9)6-8/h3,7,9H,4-6H2,1-2H3. The van der Waals surface area contributed by atoms with E-state index in [4.69, 9.17) is 0 Å². The van der Waals surface area contributed by atoms with E-state index in [1.807, 2.05) is 0 Å². The number of hydrogen-bond donors (Lipinski definition) is 1. The Morgan fingerprint density at radius 2 is 2.22 bits per heavy atom. The van der Waals surface area contributed by atoms with Crippen LogP contribution in [0.2, 0.25) is 0 Å². The van der Waals surface area contributed by atoms with Crippen molar-refractivity contribution in [3.8, 4) is 0 Å². The minimum atomic E-state index is -0.0752. The molecule has 0 aromatic carbocycles. The molecule has 0 aromatic rings. The van der Waals surface area contributed by atoms with Crippen LogP contribution in [0.3, 0.4) is 0 Å². The zero-order valence-electron chi connectivity index (χ0n) is 6.22. The van der Waals surface area contributed by atoms with E-state index in [0.29, 0.717) is 5.41 Å². The van der Waals surface area contributed by atoms with Crippen LogP contribution in [0.5, 0.6) is 0 Å². The second-order valence-corrected chi connectivity index (χ2v) is 3.75. The highest BCUT2D eigenvalue weighted by Gasteiger charge is 2.26. The van der Waals surface area contributed by atoms with Crippen LogP contribution in [-0.4, -0.2) is 11.2 Å². The molecule has 1 rings (SSSR count). The maximum atomic E-state index is 9.21. The molecule has 0 amide bonds. The first-order chi connectivity index (χ1) is 4.10. The van der Waals surface area contributed by atoms with Gasteiger partial charge in [0.1, 0.15) is 0 Å². The molecule has 0 heterocycles. The predicted octanol–water partition coefficient (Wildman–Crippen LogP) is 1.76. The van der Waals surface area contributed by atoms with E-state index in [9.17, 15) is 5.11 Å². The summed E-state index contributed by atoms with van der Waals surface area (Å²) in [7, 11) is 0. The minimum absolute atomic E-state index is 0.0752. The van der Waals surface area contributed by atoms with Gasteiger partial charge in [0.25, 0.3) is 0 Å². The van der Waals surface area contributed by atoms with Crippen LogP contribution >= 0.6 is 0 Å². The lowest BCUT2D eigenvalue weighted by molar-refractivity contribution is 0.0884. The molecular weight excluding hydrogens is 112 g/mol. The first-order valence-electron chi connectivity index (χ1n) is 3.60. The summed E-state index contributed by atoms with van der Waals surface area (Å²) in [5.41, 5.74) is 0.345. The molecular formula is C8H15O. The van der Waals surface area contributed by atoms with Crippen molar-refractivity contribution in [2.45, 2.75) is 39.2 Å². The van der Waals surface area contributed by atoms with Gasteiger partial charge in [-0.05, 0) is 31.1 Å². The van der Waals surface area contributed by atoms with E-state index in [-0.39, 0.29) is 6.10 Å². The van der Waals surface area contributed by atoms with Gasteiger partial charge in [0.2, 0.25) is 0 Å². The highest BCUT2D eigenvalue weighted by atomic mass is 16.3. The van der Waals surface area contributed by atoms with Crippen LogP contribution in [-0.2, 0) is 0 Å². The lowest BCUT2D eigenvalue weighted by Crippen LogP contribution is -2.26. The van der Waals surface area contributed by atoms with Crippen LogP contribution in [0.25, 0.3) is 0 Å². The van der Waals surface area contributed by atoms with Crippen molar-refractivity contribution < 1.29 is 5.11 Å². The van der Waals surface area contributed by atoms with Crippen molar-refractivity contribution in [3.63, 3.8) is 0 Å². The maximum absolute atomic E-state index is 9.21. The highest BCUT2D eigenvalue weighted by molar-refractivity contribution is 4.87. The van der Waals surface area contributed by atoms with Crippen LogP contribution in [0, 0.1) is 11.8 Å². The van der Waals surface area contributed by atoms with Gasteiger partial charge < -0.3 is 5.11 Å². The van der Waals surface area contributed by atoms with Crippen LogP contribution < -0.4 is 0 Å². The molecule has 0 spiro atoms. The SMILES string of the molecule is CC1(C)C[CH]CC(O)C1. The Labute approximate surface area is 57.1 Å². The molecule has 0 aliphatic heterocycles. The molecule has 1 aliphatic rings. The smallest absolute Gasteiger partial charge is 0.0548 e. The molecule has 1 fully saturated rings. The molecule has 1 heteroatoms. The Bertz CT molecular complexity index is 96.7. The molecule has 1 atom stereocenters. The molecule has 1 radical (unpaired) electrons. The Hall–Kier alpha value is -0.0400. The number of rotatable bonds is 0. The number of aliphatic hydroxyl groups is 1. The summed E-state index contributed by atoms with van der Waals surface area (Å²) in [4.78, 5) is 0. The molecule has 0 aromatic heterocycles. The molecule has 0 saturated heterocycles. The van der Waals surface area contributed by atoms with E-state index in [1.54, 1.807) is 0 Å². The maximum Gasteiger partial charge on any atom is 0.0548 e. The van der Waals surface area contributed by atoms with Gasteiger partial charge in [-0.2, -0.15) is 0 Å². The molecule has 1 aliphatic carbocycles. The molecule has 1 nitrogen and oxygen atoms in total. The second kappa shape index (κ2) is 2.30. The summed E-state index contributed by atoms with van der Waals surface area (Å²) in [6.07, 6.45) is 5.12. The molecule has 1 unspecified atom stereocenters. The Kier molecular flexibility index (Phi) is 1.80. The minimum Gasteiger partial charge on any atom is -0.393 e. The topological polar surface area (TPSA) is 20.2 Å². The van der Waals surface area contributed by atoms with Crippen molar-refractivity contribution in [1.82, 2.24) is 0 Å². The molecule has 9 heavy (non-hydrogen) atoms. The van der Waals surface area contributed by atoms with Crippen molar-refractivity contribution >= 4 is 0 Å². The van der Waals surface area contributed by atoms with E-state index in [0.717, 1.165) is 19.3 Å². The van der Waals surface area contributed by atoms with E-state index in [1.165, 1.54) is 0 Å². The fourth-order valence-electron chi connectivity index (χ4n) is 1.47. The lowest BCUT2D eigenvalue weighted by Gasteiger charge is -2.32. The van der Waals surface area contributed by atoms with Gasteiger partial charge in [-0.3, -0.25) is 0 Å². The average molecular weight is 127 g/mol. The van der Waals surface area contributed by atoms with Crippen molar-refractivity contribution in [3.05, 3.63) is 6.42 Å². The summed E-state index contributed by atoms with van der Waals surface area (Å²) in [6, 6.07) is 0. The van der Waals surface area contributed by atoms with Crippen molar-refractivity contribution in [2.24, 2.45) is 5.41 Å². The zero-order chi connectivity index (χ0) is 6.91. The third-order valence-electron chi connectivity index (χ3n) is 1.92. The quantitative estimate of drug-likeness (QED) is 0.525. The normalized spacial score (nSPS) is 34.3.